The number of furan rings is 1. The van der Waals surface area contributed by atoms with Crippen molar-refractivity contribution in [1.29, 1.82) is 0 Å². The summed E-state index contributed by atoms with van der Waals surface area (Å²) in [4.78, 5) is 4.11. The molecule has 3 rings (SSSR count). The second-order valence-corrected chi connectivity index (χ2v) is 4.41. The van der Waals surface area contributed by atoms with Crippen LogP contribution in [0.25, 0.3) is 11.0 Å². The van der Waals surface area contributed by atoms with Crippen molar-refractivity contribution >= 4 is 11.0 Å². The minimum Gasteiger partial charge on any atom is -0.481 e. The second-order valence-electron chi connectivity index (χ2n) is 4.41. The third-order valence-electron chi connectivity index (χ3n) is 3.13. The normalized spacial score (nSPS) is 12.6. The van der Waals surface area contributed by atoms with E-state index in [-0.39, 0.29) is 5.82 Å². The van der Waals surface area contributed by atoms with Gasteiger partial charge in [0.15, 0.2) is 0 Å². The van der Waals surface area contributed by atoms with Crippen LogP contribution in [0.3, 0.4) is 0 Å². The molecule has 5 heteroatoms. The van der Waals surface area contributed by atoms with Crippen LogP contribution < -0.4 is 10.5 Å². The smallest absolute Gasteiger partial charge is 0.218 e. The Hall–Kier alpha value is -2.40. The number of nitrogens with two attached hydrogens (primary N) is 1. The first-order valence-corrected chi connectivity index (χ1v) is 6.12. The third-order valence-corrected chi connectivity index (χ3v) is 3.13. The van der Waals surface area contributed by atoms with E-state index in [2.05, 4.69) is 4.98 Å². The highest BCUT2D eigenvalue weighted by molar-refractivity contribution is 5.78. The molecule has 0 amide bonds. The van der Waals surface area contributed by atoms with E-state index in [0.717, 1.165) is 5.56 Å². The fraction of sp³-hybridized carbons (Fsp3) is 0.133. The maximum absolute atomic E-state index is 13.2. The minimum atomic E-state index is -0.519. The lowest BCUT2D eigenvalue weighted by atomic mass is 10.1. The average Bonchev–Trinajstić information content (AvgIpc) is 2.89. The molecule has 20 heavy (non-hydrogen) atoms. The Kier molecular flexibility index (Phi) is 3.12. The first-order chi connectivity index (χ1) is 9.69. The molecule has 0 saturated carbocycles. The lowest BCUT2D eigenvalue weighted by Crippen LogP contribution is -2.12. The van der Waals surface area contributed by atoms with E-state index >= 15 is 0 Å². The molecular weight excluding hydrogens is 259 g/mol. The quantitative estimate of drug-likeness (QED) is 0.796. The number of halogens is 1. The molecular formula is C15H13FN2O2. The summed E-state index contributed by atoms with van der Waals surface area (Å²) in [6, 6.07) is 9.16. The summed E-state index contributed by atoms with van der Waals surface area (Å²) in [5.41, 5.74) is 7.50. The monoisotopic (exact) mass is 272 g/mol. The van der Waals surface area contributed by atoms with Crippen LogP contribution in [0.1, 0.15) is 17.4 Å². The molecule has 2 heterocycles. The molecule has 0 aliphatic heterocycles. The summed E-state index contributed by atoms with van der Waals surface area (Å²) in [6.07, 6.45) is 1.63. The van der Waals surface area contributed by atoms with Crippen LogP contribution in [-0.2, 0) is 0 Å². The molecule has 0 saturated heterocycles. The number of nitrogens with zero attached hydrogens (tertiary/aromatic N) is 1. The van der Waals surface area contributed by atoms with Crippen LogP contribution in [-0.4, -0.2) is 12.1 Å². The van der Waals surface area contributed by atoms with Crippen molar-refractivity contribution in [2.75, 3.05) is 7.11 Å². The molecule has 1 atom stereocenters. The Morgan fingerprint density at radius 3 is 2.95 bits per heavy atom. The molecule has 0 fully saturated rings. The molecule has 0 aliphatic rings. The zero-order valence-corrected chi connectivity index (χ0v) is 10.8. The van der Waals surface area contributed by atoms with Crippen molar-refractivity contribution in [3.05, 3.63) is 59.7 Å². The topological polar surface area (TPSA) is 61.3 Å². The summed E-state index contributed by atoms with van der Waals surface area (Å²) in [6.45, 7) is 0. The van der Waals surface area contributed by atoms with E-state index in [4.69, 9.17) is 14.9 Å². The number of benzene rings is 1. The Labute approximate surface area is 115 Å². The van der Waals surface area contributed by atoms with Gasteiger partial charge in [0.25, 0.3) is 0 Å². The maximum atomic E-state index is 13.2. The van der Waals surface area contributed by atoms with Crippen molar-refractivity contribution in [2.45, 2.75) is 6.04 Å². The van der Waals surface area contributed by atoms with E-state index in [0.29, 0.717) is 22.6 Å². The molecule has 3 aromatic rings. The molecule has 4 nitrogen and oxygen atoms in total. The number of rotatable bonds is 3. The first-order valence-electron chi connectivity index (χ1n) is 6.12. The van der Waals surface area contributed by atoms with Crippen LogP contribution in [0.4, 0.5) is 4.39 Å². The van der Waals surface area contributed by atoms with Gasteiger partial charge >= 0.3 is 0 Å². The number of hydrogen-bond acceptors (Lipinski definition) is 4. The highest BCUT2D eigenvalue weighted by Crippen LogP contribution is 2.30. The lowest BCUT2D eigenvalue weighted by molar-refractivity contribution is 0.387. The highest BCUT2D eigenvalue weighted by atomic mass is 19.1. The van der Waals surface area contributed by atoms with Gasteiger partial charge in [-0.15, -0.1) is 0 Å². The van der Waals surface area contributed by atoms with E-state index in [1.807, 2.05) is 6.07 Å². The van der Waals surface area contributed by atoms with Crippen LogP contribution >= 0.6 is 0 Å². The molecule has 0 bridgehead atoms. The van der Waals surface area contributed by atoms with Gasteiger partial charge in [0.2, 0.25) is 5.88 Å². The lowest BCUT2D eigenvalue weighted by Gasteiger charge is -2.12. The van der Waals surface area contributed by atoms with E-state index in [1.165, 1.54) is 19.2 Å². The van der Waals surface area contributed by atoms with Gasteiger partial charge in [0, 0.05) is 17.1 Å². The van der Waals surface area contributed by atoms with E-state index < -0.39 is 6.04 Å². The van der Waals surface area contributed by atoms with Crippen LogP contribution in [0, 0.1) is 5.82 Å². The Bertz CT molecular complexity index is 754. The zero-order chi connectivity index (χ0) is 14.1. The summed E-state index contributed by atoms with van der Waals surface area (Å²) < 4.78 is 24.0. The number of ether oxygens (including phenoxy) is 1. The fourth-order valence-electron chi connectivity index (χ4n) is 2.15. The maximum Gasteiger partial charge on any atom is 0.218 e. The first kappa shape index (κ1) is 12.6. The summed E-state index contributed by atoms with van der Waals surface area (Å²) in [5.74, 6) is 0.681. The number of pyridine rings is 1. The van der Waals surface area contributed by atoms with Gasteiger partial charge in [0.1, 0.15) is 17.2 Å². The second kappa shape index (κ2) is 4.94. The van der Waals surface area contributed by atoms with Crippen molar-refractivity contribution in [3.63, 3.8) is 0 Å². The third kappa shape index (κ3) is 2.12. The van der Waals surface area contributed by atoms with Gasteiger partial charge in [-0.05, 0) is 30.3 Å². The molecule has 1 unspecified atom stereocenters. The van der Waals surface area contributed by atoms with Crippen molar-refractivity contribution in [3.8, 4) is 5.88 Å². The molecule has 0 radical (unpaired) electrons. The van der Waals surface area contributed by atoms with Gasteiger partial charge in [0.05, 0.1) is 13.2 Å². The van der Waals surface area contributed by atoms with Crippen LogP contribution in [0.5, 0.6) is 5.88 Å². The largest absolute Gasteiger partial charge is 0.481 e. The Morgan fingerprint density at radius 2 is 2.15 bits per heavy atom. The van der Waals surface area contributed by atoms with Gasteiger partial charge < -0.3 is 14.9 Å². The van der Waals surface area contributed by atoms with Gasteiger partial charge in [-0.2, -0.15) is 0 Å². The summed E-state index contributed by atoms with van der Waals surface area (Å²) in [5, 5.41) is 0.679. The molecule has 2 aromatic heterocycles. The van der Waals surface area contributed by atoms with Gasteiger partial charge in [-0.3, -0.25) is 0 Å². The van der Waals surface area contributed by atoms with Crippen LogP contribution in [0.2, 0.25) is 0 Å². The average molecular weight is 272 g/mol. The number of aromatic nitrogens is 1. The van der Waals surface area contributed by atoms with Crippen molar-refractivity contribution < 1.29 is 13.5 Å². The molecule has 102 valence electrons. The SMILES string of the molecule is COc1ncccc1C(N)c1cc2cc(F)ccc2o1. The summed E-state index contributed by atoms with van der Waals surface area (Å²) in [7, 11) is 1.53. The van der Waals surface area contributed by atoms with Gasteiger partial charge in [-0.1, -0.05) is 6.07 Å². The molecule has 0 spiro atoms. The van der Waals surface area contributed by atoms with E-state index in [9.17, 15) is 4.39 Å². The number of methoxy groups -OCH3 is 1. The summed E-state index contributed by atoms with van der Waals surface area (Å²) >= 11 is 0. The number of hydrogen-bond donors (Lipinski definition) is 1. The predicted molar refractivity (Wildman–Crippen MR) is 73.0 cm³/mol. The van der Waals surface area contributed by atoms with Crippen molar-refractivity contribution in [1.82, 2.24) is 4.98 Å². The molecule has 2 N–H and O–H groups in total. The van der Waals surface area contributed by atoms with Gasteiger partial charge in [-0.25, -0.2) is 9.37 Å². The number of fused-ring (bicyclic) bond motifs is 1. The fourth-order valence-corrected chi connectivity index (χ4v) is 2.15. The Balaban J connectivity index is 2.05. The van der Waals surface area contributed by atoms with Crippen molar-refractivity contribution in [2.24, 2.45) is 5.73 Å². The molecule has 0 aliphatic carbocycles. The predicted octanol–water partition coefficient (Wildman–Crippen LogP) is 3.02. The zero-order valence-electron chi connectivity index (χ0n) is 10.8. The Morgan fingerprint density at radius 1 is 1.30 bits per heavy atom. The minimum absolute atomic E-state index is 0.308. The standard InChI is InChI=1S/C15H13FN2O2/c1-19-15-11(3-2-6-18-15)14(17)13-8-9-7-10(16)4-5-12(9)20-13/h2-8,14H,17H2,1H3. The molecule has 1 aromatic carbocycles. The highest BCUT2D eigenvalue weighted by Gasteiger charge is 2.18. The van der Waals surface area contributed by atoms with E-state index in [1.54, 1.807) is 24.4 Å². The van der Waals surface area contributed by atoms with Crippen LogP contribution in [0.15, 0.2) is 47.0 Å².